The molecule has 0 radical (unpaired) electrons. The van der Waals surface area contributed by atoms with Crippen molar-refractivity contribution < 1.29 is 9.52 Å². The number of aromatic amines is 1. The maximum absolute atomic E-state index is 11.2. The van der Waals surface area contributed by atoms with Crippen LogP contribution in [0.2, 0.25) is 0 Å². The van der Waals surface area contributed by atoms with Crippen LogP contribution in [0.5, 0.6) is 5.75 Å². The summed E-state index contributed by atoms with van der Waals surface area (Å²) < 4.78 is 5.02. The molecule has 5 heteroatoms. The molecule has 0 fully saturated rings. The molecule has 1 aromatic carbocycles. The van der Waals surface area contributed by atoms with Crippen LogP contribution in [0.4, 0.5) is 0 Å². The highest BCUT2D eigenvalue weighted by molar-refractivity contribution is 7.71. The van der Waals surface area contributed by atoms with Crippen molar-refractivity contribution >= 4 is 23.2 Å². The normalized spacial score (nSPS) is 10.5. The number of rotatable bonds is 0. The minimum atomic E-state index is -0.314. The number of aromatic hydroxyl groups is 1. The highest BCUT2D eigenvalue weighted by atomic mass is 32.1. The topological polar surface area (TPSA) is 66.2 Å². The lowest BCUT2D eigenvalue weighted by Gasteiger charge is -1.95. The predicted octanol–water partition coefficient (Wildman–Crippen LogP) is 1.56. The van der Waals surface area contributed by atoms with Gasteiger partial charge in [0.05, 0.1) is 5.39 Å². The van der Waals surface area contributed by atoms with E-state index in [1.807, 2.05) is 0 Å². The first-order valence-corrected chi connectivity index (χ1v) is 3.94. The Hall–Kier alpha value is -1.62. The molecule has 2 aromatic rings. The van der Waals surface area contributed by atoms with Gasteiger partial charge in [-0.15, -0.1) is 0 Å². The van der Waals surface area contributed by atoms with Gasteiger partial charge in [-0.2, -0.15) is 0 Å². The Morgan fingerprint density at radius 2 is 2.23 bits per heavy atom. The quantitative estimate of drug-likeness (QED) is 0.626. The van der Waals surface area contributed by atoms with Crippen molar-refractivity contribution in [2.24, 2.45) is 0 Å². The van der Waals surface area contributed by atoms with Crippen molar-refractivity contribution in [2.45, 2.75) is 0 Å². The van der Waals surface area contributed by atoms with Gasteiger partial charge in [0.15, 0.2) is 0 Å². The van der Waals surface area contributed by atoms with Crippen molar-refractivity contribution in [3.63, 3.8) is 0 Å². The van der Waals surface area contributed by atoms with Gasteiger partial charge in [0.25, 0.3) is 10.4 Å². The largest absolute Gasteiger partial charge is 0.508 e. The van der Waals surface area contributed by atoms with Crippen molar-refractivity contribution in [1.82, 2.24) is 4.98 Å². The molecule has 0 amide bonds. The van der Waals surface area contributed by atoms with E-state index in [0.29, 0.717) is 5.39 Å². The number of aromatic nitrogens is 1. The van der Waals surface area contributed by atoms with E-state index < -0.39 is 0 Å². The van der Waals surface area contributed by atoms with Crippen LogP contribution in [-0.4, -0.2) is 10.1 Å². The molecule has 2 rings (SSSR count). The van der Waals surface area contributed by atoms with E-state index in [9.17, 15) is 4.79 Å². The average molecular weight is 195 g/mol. The van der Waals surface area contributed by atoms with Gasteiger partial charge in [0, 0.05) is 6.07 Å². The second-order valence-corrected chi connectivity index (χ2v) is 2.89. The fourth-order valence-electron chi connectivity index (χ4n) is 1.07. The summed E-state index contributed by atoms with van der Waals surface area (Å²) in [7, 11) is 0. The van der Waals surface area contributed by atoms with Gasteiger partial charge in [-0.05, 0) is 24.4 Å². The summed E-state index contributed by atoms with van der Waals surface area (Å²) >= 11 is 4.67. The van der Waals surface area contributed by atoms with Gasteiger partial charge in [0.1, 0.15) is 11.3 Å². The molecule has 0 aliphatic heterocycles. The molecule has 0 bridgehead atoms. The SMILES string of the molecule is O=c1[nH]c(=S)oc2cc(O)ccc12. The van der Waals surface area contributed by atoms with Crippen LogP contribution in [0.1, 0.15) is 0 Å². The fourth-order valence-corrected chi connectivity index (χ4v) is 1.25. The van der Waals surface area contributed by atoms with Crippen LogP contribution < -0.4 is 5.56 Å². The number of fused-ring (bicyclic) bond motifs is 1. The fraction of sp³-hybridized carbons (Fsp3) is 0. The molecule has 13 heavy (non-hydrogen) atoms. The summed E-state index contributed by atoms with van der Waals surface area (Å²) in [6.45, 7) is 0. The van der Waals surface area contributed by atoms with E-state index in [4.69, 9.17) is 9.52 Å². The number of H-pyrrole nitrogens is 1. The third kappa shape index (κ3) is 1.33. The third-order valence-corrected chi connectivity index (χ3v) is 1.81. The van der Waals surface area contributed by atoms with Gasteiger partial charge in [-0.3, -0.25) is 9.78 Å². The Kier molecular flexibility index (Phi) is 1.66. The molecule has 4 nitrogen and oxygen atoms in total. The van der Waals surface area contributed by atoms with Crippen molar-refractivity contribution in [2.75, 3.05) is 0 Å². The zero-order valence-electron chi connectivity index (χ0n) is 6.40. The predicted molar refractivity (Wildman–Crippen MR) is 49.3 cm³/mol. The minimum Gasteiger partial charge on any atom is -0.508 e. The maximum atomic E-state index is 11.2. The molecule has 1 heterocycles. The molecular weight excluding hydrogens is 190 g/mol. The van der Waals surface area contributed by atoms with E-state index in [1.54, 1.807) is 0 Å². The number of hydrogen-bond acceptors (Lipinski definition) is 4. The second kappa shape index (κ2) is 2.70. The molecule has 0 saturated heterocycles. The summed E-state index contributed by atoms with van der Waals surface area (Å²) in [5, 5.41) is 9.47. The summed E-state index contributed by atoms with van der Waals surface area (Å²) in [5.41, 5.74) is -0.0278. The highest BCUT2D eigenvalue weighted by Crippen LogP contribution is 2.16. The summed E-state index contributed by atoms with van der Waals surface area (Å²) in [4.78, 5) is 13.6. The van der Waals surface area contributed by atoms with Crippen LogP contribution in [0.25, 0.3) is 11.0 Å². The van der Waals surface area contributed by atoms with Gasteiger partial charge in [-0.25, -0.2) is 0 Å². The molecule has 0 aliphatic rings. The van der Waals surface area contributed by atoms with Gasteiger partial charge in [-0.1, -0.05) is 0 Å². The molecule has 0 spiro atoms. The first kappa shape index (κ1) is 8.00. The van der Waals surface area contributed by atoms with Crippen LogP contribution in [-0.2, 0) is 0 Å². The summed E-state index contributed by atoms with van der Waals surface area (Å²) in [5.74, 6) is 0.0382. The zero-order valence-corrected chi connectivity index (χ0v) is 7.22. The highest BCUT2D eigenvalue weighted by Gasteiger charge is 2.01. The van der Waals surface area contributed by atoms with E-state index in [-0.39, 0.29) is 21.7 Å². The van der Waals surface area contributed by atoms with E-state index >= 15 is 0 Å². The van der Waals surface area contributed by atoms with Gasteiger partial charge < -0.3 is 9.52 Å². The summed E-state index contributed by atoms with van der Waals surface area (Å²) in [6.07, 6.45) is 0. The smallest absolute Gasteiger partial charge is 0.269 e. The number of hydrogen-bond donors (Lipinski definition) is 2. The van der Waals surface area contributed by atoms with Crippen molar-refractivity contribution in [3.8, 4) is 5.75 Å². The second-order valence-electron chi connectivity index (χ2n) is 2.52. The Labute approximate surface area is 77.5 Å². The van der Waals surface area contributed by atoms with Crippen molar-refractivity contribution in [3.05, 3.63) is 33.4 Å². The van der Waals surface area contributed by atoms with Gasteiger partial charge >= 0.3 is 0 Å². The first-order chi connectivity index (χ1) is 6.16. The van der Waals surface area contributed by atoms with Crippen LogP contribution in [0.15, 0.2) is 27.4 Å². The van der Waals surface area contributed by atoms with E-state index in [2.05, 4.69) is 17.2 Å². The molecule has 2 N–H and O–H groups in total. The number of phenols is 1. The Balaban J connectivity index is 3.03. The maximum Gasteiger partial charge on any atom is 0.269 e. The monoisotopic (exact) mass is 195 g/mol. The molecule has 0 unspecified atom stereocenters. The zero-order chi connectivity index (χ0) is 9.42. The molecular formula is C8H5NO3S. The third-order valence-electron chi connectivity index (χ3n) is 1.63. The number of benzene rings is 1. The minimum absolute atomic E-state index is 0.00287. The van der Waals surface area contributed by atoms with Gasteiger partial charge in [0.2, 0.25) is 0 Å². The molecule has 0 atom stereocenters. The van der Waals surface area contributed by atoms with Crippen LogP contribution in [0, 0.1) is 4.84 Å². The number of nitrogens with one attached hydrogen (secondary N) is 1. The van der Waals surface area contributed by atoms with Crippen LogP contribution in [0.3, 0.4) is 0 Å². The molecule has 1 aromatic heterocycles. The van der Waals surface area contributed by atoms with E-state index in [1.165, 1.54) is 18.2 Å². The summed E-state index contributed by atoms with van der Waals surface area (Å²) in [6, 6.07) is 4.23. The lowest BCUT2D eigenvalue weighted by molar-refractivity contribution is 0.473. The molecule has 0 saturated carbocycles. The van der Waals surface area contributed by atoms with E-state index in [0.717, 1.165) is 0 Å². The Morgan fingerprint density at radius 3 is 3.00 bits per heavy atom. The standard InChI is InChI=1S/C8H5NO3S/c10-4-1-2-5-6(3-4)12-8(13)9-7(5)11/h1-3,10H,(H,9,11,13). The lowest BCUT2D eigenvalue weighted by atomic mass is 10.2. The average Bonchev–Trinajstić information content (AvgIpc) is 2.02. The first-order valence-electron chi connectivity index (χ1n) is 3.53. The van der Waals surface area contributed by atoms with Crippen LogP contribution >= 0.6 is 12.2 Å². The Morgan fingerprint density at radius 1 is 1.46 bits per heavy atom. The van der Waals surface area contributed by atoms with Crippen molar-refractivity contribution in [1.29, 1.82) is 0 Å². The number of phenolic OH excluding ortho intramolecular Hbond substituents is 1. The lowest BCUT2D eigenvalue weighted by Crippen LogP contribution is -2.04. The Bertz CT molecular complexity index is 569. The molecule has 66 valence electrons. The molecule has 0 aliphatic carbocycles.